The Morgan fingerprint density at radius 1 is 1.29 bits per heavy atom. The summed E-state index contributed by atoms with van der Waals surface area (Å²) in [6.45, 7) is 2.61. The number of thiophene rings is 1. The minimum absolute atomic E-state index is 0.0529. The van der Waals surface area contributed by atoms with E-state index in [9.17, 15) is 9.90 Å². The molecule has 3 rings (SSSR count). The summed E-state index contributed by atoms with van der Waals surface area (Å²) in [6.07, 6.45) is 0. The Bertz CT molecular complexity index is 814. The summed E-state index contributed by atoms with van der Waals surface area (Å²) in [4.78, 5) is 12.5. The predicted octanol–water partition coefficient (Wildman–Crippen LogP) is 3.31. The number of aryl methyl sites for hydroxylation is 1. The van der Waals surface area contributed by atoms with Crippen molar-refractivity contribution in [2.75, 3.05) is 5.32 Å². The van der Waals surface area contributed by atoms with Gasteiger partial charge in [0.05, 0.1) is 11.2 Å². The second-order valence-corrected chi connectivity index (χ2v) is 5.63. The number of hydrogen-bond donors (Lipinski definition) is 2. The molecule has 0 fully saturated rings. The second-order valence-electron chi connectivity index (χ2n) is 4.63. The van der Waals surface area contributed by atoms with Gasteiger partial charge < -0.3 is 10.4 Å². The average molecular weight is 299 g/mol. The molecule has 2 N–H and O–H groups in total. The van der Waals surface area contributed by atoms with Crippen LogP contribution in [0.3, 0.4) is 0 Å². The molecule has 0 bridgehead atoms. The molecule has 0 aliphatic heterocycles. The maximum atomic E-state index is 11.4. The molecule has 0 atom stereocenters. The van der Waals surface area contributed by atoms with E-state index in [0.29, 0.717) is 17.7 Å². The highest BCUT2D eigenvalue weighted by atomic mass is 32.1. The maximum absolute atomic E-state index is 11.4. The van der Waals surface area contributed by atoms with E-state index in [1.165, 1.54) is 10.4 Å². The molecule has 106 valence electrons. The number of rotatable bonds is 4. The predicted molar refractivity (Wildman–Crippen MR) is 82.9 cm³/mol. The maximum Gasteiger partial charge on any atom is 0.358 e. The Morgan fingerprint density at radius 2 is 2.10 bits per heavy atom. The fourth-order valence-corrected chi connectivity index (χ4v) is 2.98. The Morgan fingerprint density at radius 3 is 2.81 bits per heavy atom. The first-order valence-corrected chi connectivity index (χ1v) is 7.30. The average Bonchev–Trinajstić information content (AvgIpc) is 2.89. The number of carbonyl (C=O) groups is 1. The van der Waals surface area contributed by atoms with Gasteiger partial charge in [0, 0.05) is 16.8 Å². The highest BCUT2D eigenvalue weighted by Crippen LogP contribution is 2.26. The molecule has 1 aromatic carbocycles. The number of hydrogen-bond acceptors (Lipinski definition) is 5. The first-order chi connectivity index (χ1) is 10.2. The van der Waals surface area contributed by atoms with Gasteiger partial charge in [-0.05, 0) is 30.0 Å². The van der Waals surface area contributed by atoms with Crippen LogP contribution in [0.25, 0.3) is 10.9 Å². The van der Waals surface area contributed by atoms with Crippen LogP contribution < -0.4 is 5.32 Å². The Hall–Kier alpha value is -2.47. The highest BCUT2D eigenvalue weighted by Gasteiger charge is 2.16. The number of carboxylic acid groups (broad SMARTS) is 1. The van der Waals surface area contributed by atoms with Gasteiger partial charge in [0.15, 0.2) is 5.69 Å². The third-order valence-corrected chi connectivity index (χ3v) is 4.29. The molecule has 6 heteroatoms. The third-order valence-electron chi connectivity index (χ3n) is 3.26. The number of aromatic nitrogens is 2. The monoisotopic (exact) mass is 299 g/mol. The molecule has 0 aliphatic carbocycles. The first kappa shape index (κ1) is 13.5. The van der Waals surface area contributed by atoms with Gasteiger partial charge in [-0.2, -0.15) is 0 Å². The normalized spacial score (nSPS) is 10.7. The van der Waals surface area contributed by atoms with Crippen molar-refractivity contribution < 1.29 is 9.90 Å². The summed E-state index contributed by atoms with van der Waals surface area (Å²) in [7, 11) is 0. The lowest BCUT2D eigenvalue weighted by Gasteiger charge is -2.11. The van der Waals surface area contributed by atoms with Gasteiger partial charge in [-0.3, -0.25) is 0 Å². The van der Waals surface area contributed by atoms with E-state index >= 15 is 0 Å². The van der Waals surface area contributed by atoms with Crippen LogP contribution in [0.4, 0.5) is 5.69 Å². The molecule has 0 spiro atoms. The van der Waals surface area contributed by atoms with Crippen molar-refractivity contribution in [2.24, 2.45) is 0 Å². The molecule has 2 heterocycles. The van der Waals surface area contributed by atoms with Gasteiger partial charge in [0.2, 0.25) is 0 Å². The quantitative estimate of drug-likeness (QED) is 0.773. The van der Waals surface area contributed by atoms with Crippen LogP contribution in [0.1, 0.15) is 20.9 Å². The smallest absolute Gasteiger partial charge is 0.358 e. The van der Waals surface area contributed by atoms with Crippen LogP contribution in [-0.2, 0) is 6.54 Å². The minimum Gasteiger partial charge on any atom is -0.476 e. The second kappa shape index (κ2) is 5.49. The number of anilines is 1. The summed E-state index contributed by atoms with van der Waals surface area (Å²) in [5.74, 6) is -1.08. The lowest BCUT2D eigenvalue weighted by Crippen LogP contribution is -2.10. The van der Waals surface area contributed by atoms with Crippen molar-refractivity contribution in [1.82, 2.24) is 10.2 Å². The van der Waals surface area contributed by atoms with Crippen LogP contribution in [-0.4, -0.2) is 21.3 Å². The number of carboxylic acids is 1. The molecular weight excluding hydrogens is 286 g/mol. The van der Waals surface area contributed by atoms with Crippen molar-refractivity contribution in [1.29, 1.82) is 0 Å². The highest BCUT2D eigenvalue weighted by molar-refractivity contribution is 7.10. The van der Waals surface area contributed by atoms with Gasteiger partial charge in [-0.25, -0.2) is 4.79 Å². The molecule has 21 heavy (non-hydrogen) atoms. The van der Waals surface area contributed by atoms with Gasteiger partial charge >= 0.3 is 5.97 Å². The van der Waals surface area contributed by atoms with E-state index in [1.807, 2.05) is 42.6 Å². The molecule has 0 radical (unpaired) electrons. The minimum atomic E-state index is -1.08. The molecule has 0 unspecified atom stereocenters. The van der Waals surface area contributed by atoms with Crippen molar-refractivity contribution in [2.45, 2.75) is 13.5 Å². The molecule has 0 amide bonds. The van der Waals surface area contributed by atoms with Crippen molar-refractivity contribution in [3.05, 3.63) is 51.8 Å². The van der Waals surface area contributed by atoms with Gasteiger partial charge in [-0.1, -0.05) is 18.2 Å². The molecule has 0 aliphatic rings. The number of nitrogens with zero attached hydrogens (tertiary/aromatic N) is 2. The largest absolute Gasteiger partial charge is 0.476 e. The van der Waals surface area contributed by atoms with Gasteiger partial charge in [0.25, 0.3) is 0 Å². The van der Waals surface area contributed by atoms with Gasteiger partial charge in [0.1, 0.15) is 0 Å². The zero-order valence-electron chi connectivity index (χ0n) is 11.3. The summed E-state index contributed by atoms with van der Waals surface area (Å²) >= 11 is 1.64. The Kier molecular flexibility index (Phi) is 3.53. The lowest BCUT2D eigenvalue weighted by molar-refractivity contribution is 0.0690. The van der Waals surface area contributed by atoms with Crippen molar-refractivity contribution >= 4 is 33.9 Å². The SMILES string of the molecule is Cc1ccsc1CNc1c(C(=O)O)nnc2ccccc12. The molecule has 5 nitrogen and oxygen atoms in total. The number of benzene rings is 1. The topological polar surface area (TPSA) is 75.1 Å². The summed E-state index contributed by atoms with van der Waals surface area (Å²) < 4.78 is 0. The van der Waals surface area contributed by atoms with E-state index in [4.69, 9.17) is 0 Å². The number of aromatic carboxylic acids is 1. The Labute approximate surface area is 125 Å². The lowest BCUT2D eigenvalue weighted by atomic mass is 10.1. The van der Waals surface area contributed by atoms with Crippen molar-refractivity contribution in [3.63, 3.8) is 0 Å². The van der Waals surface area contributed by atoms with Gasteiger partial charge in [-0.15, -0.1) is 21.5 Å². The van der Waals surface area contributed by atoms with Crippen LogP contribution in [0.15, 0.2) is 35.7 Å². The molecule has 3 aromatic rings. The zero-order chi connectivity index (χ0) is 14.8. The fraction of sp³-hybridized carbons (Fsp3) is 0.133. The van der Waals surface area contributed by atoms with E-state index in [-0.39, 0.29) is 5.69 Å². The number of fused-ring (bicyclic) bond motifs is 1. The fourth-order valence-electron chi connectivity index (χ4n) is 2.14. The van der Waals surface area contributed by atoms with Crippen LogP contribution >= 0.6 is 11.3 Å². The van der Waals surface area contributed by atoms with E-state index in [2.05, 4.69) is 15.5 Å². The van der Waals surface area contributed by atoms with Crippen molar-refractivity contribution in [3.8, 4) is 0 Å². The van der Waals surface area contributed by atoms with E-state index in [0.717, 1.165) is 5.39 Å². The standard InChI is InChI=1S/C15H13N3O2S/c1-9-6-7-21-12(9)8-16-13-10-4-2-3-5-11(10)17-18-14(13)15(19)20/h2-7H,8H2,1H3,(H,16,17)(H,19,20). The van der Waals surface area contributed by atoms with Crippen LogP contribution in [0.2, 0.25) is 0 Å². The van der Waals surface area contributed by atoms with Crippen LogP contribution in [0.5, 0.6) is 0 Å². The molecular formula is C15H13N3O2S. The summed E-state index contributed by atoms with van der Waals surface area (Å²) in [5.41, 5.74) is 2.33. The molecule has 0 saturated heterocycles. The Balaban J connectivity index is 2.04. The van der Waals surface area contributed by atoms with Crippen LogP contribution in [0, 0.1) is 6.92 Å². The van der Waals surface area contributed by atoms with E-state index in [1.54, 1.807) is 11.3 Å². The molecule has 0 saturated carbocycles. The summed E-state index contributed by atoms with van der Waals surface area (Å²) in [5, 5.41) is 23.1. The zero-order valence-corrected chi connectivity index (χ0v) is 12.1. The summed E-state index contributed by atoms with van der Waals surface area (Å²) in [6, 6.07) is 9.42. The third kappa shape index (κ3) is 2.57. The molecule has 2 aromatic heterocycles. The first-order valence-electron chi connectivity index (χ1n) is 6.42. The van der Waals surface area contributed by atoms with E-state index < -0.39 is 5.97 Å². The number of nitrogens with one attached hydrogen (secondary N) is 1.